The zero-order valence-electron chi connectivity index (χ0n) is 12.2. The third-order valence-corrected chi connectivity index (χ3v) is 3.40. The summed E-state index contributed by atoms with van der Waals surface area (Å²) in [5, 5.41) is 3.38. The fourth-order valence-corrected chi connectivity index (χ4v) is 2.29. The van der Waals surface area contributed by atoms with Gasteiger partial charge in [0.15, 0.2) is 0 Å². The van der Waals surface area contributed by atoms with Crippen LogP contribution in [-0.2, 0) is 0 Å². The van der Waals surface area contributed by atoms with Gasteiger partial charge in [-0.1, -0.05) is 13.8 Å². The molecule has 1 aromatic heterocycles. The second kappa shape index (κ2) is 6.19. The molecule has 0 saturated carbocycles. The van der Waals surface area contributed by atoms with E-state index < -0.39 is 0 Å². The predicted molar refractivity (Wildman–Crippen MR) is 79.5 cm³/mol. The van der Waals surface area contributed by atoms with Crippen LogP contribution in [0.1, 0.15) is 32.5 Å². The summed E-state index contributed by atoms with van der Waals surface area (Å²) >= 11 is 0. The zero-order chi connectivity index (χ0) is 13.8. The number of nitrogens with one attached hydrogen (secondary N) is 1. The van der Waals surface area contributed by atoms with E-state index in [0.29, 0.717) is 5.92 Å². The number of aryl methyl sites for hydroxylation is 1. The summed E-state index contributed by atoms with van der Waals surface area (Å²) < 4.78 is 0. The van der Waals surface area contributed by atoms with Crippen LogP contribution in [0, 0.1) is 12.8 Å². The smallest absolute Gasteiger partial charge is 0.134 e. The minimum Gasteiger partial charge on any atom is -0.370 e. The molecule has 19 heavy (non-hydrogen) atoms. The molecule has 0 aliphatic carbocycles. The highest BCUT2D eigenvalue weighted by molar-refractivity contribution is 5.50. The van der Waals surface area contributed by atoms with Crippen LogP contribution in [0.5, 0.6) is 0 Å². The molecule has 1 atom stereocenters. The van der Waals surface area contributed by atoms with Crippen molar-refractivity contribution in [2.45, 2.75) is 39.7 Å². The molecule has 1 aromatic rings. The van der Waals surface area contributed by atoms with Crippen LogP contribution in [0.2, 0.25) is 0 Å². The van der Waals surface area contributed by atoms with Crippen LogP contribution in [0.25, 0.3) is 0 Å². The van der Waals surface area contributed by atoms with Gasteiger partial charge in [-0.05, 0) is 25.7 Å². The highest BCUT2D eigenvalue weighted by atomic mass is 15.2. The van der Waals surface area contributed by atoms with Gasteiger partial charge in [0.1, 0.15) is 17.5 Å². The van der Waals surface area contributed by atoms with Gasteiger partial charge in [-0.25, -0.2) is 9.97 Å². The van der Waals surface area contributed by atoms with E-state index in [9.17, 15) is 0 Å². The highest BCUT2D eigenvalue weighted by Crippen LogP contribution is 2.20. The van der Waals surface area contributed by atoms with Crippen LogP contribution >= 0.6 is 0 Å². The lowest BCUT2D eigenvalue weighted by Gasteiger charge is -2.18. The van der Waals surface area contributed by atoms with E-state index in [4.69, 9.17) is 5.73 Å². The van der Waals surface area contributed by atoms with Crippen molar-refractivity contribution in [2.24, 2.45) is 11.7 Å². The Bertz CT molecular complexity index is 418. The van der Waals surface area contributed by atoms with Gasteiger partial charge in [-0.2, -0.15) is 0 Å². The Morgan fingerprint density at radius 3 is 2.89 bits per heavy atom. The first-order valence-corrected chi connectivity index (χ1v) is 7.14. The second-order valence-corrected chi connectivity index (χ2v) is 5.76. The van der Waals surface area contributed by atoms with Crippen LogP contribution in [0.3, 0.4) is 0 Å². The van der Waals surface area contributed by atoms with Crippen LogP contribution < -0.4 is 16.0 Å². The number of nitrogens with zero attached hydrogens (tertiary/aromatic N) is 3. The van der Waals surface area contributed by atoms with E-state index in [0.717, 1.165) is 49.9 Å². The standard InChI is InChI=1S/C14H25N5/c1-10(2)4-6-16-13-8-14(18-11(3)17-13)19-7-5-12(15)9-19/h8,10,12H,4-7,9,15H2,1-3H3,(H,16,17,18). The second-order valence-electron chi connectivity index (χ2n) is 5.76. The fraction of sp³-hybridized carbons (Fsp3) is 0.714. The van der Waals surface area contributed by atoms with Crippen molar-refractivity contribution in [1.82, 2.24) is 9.97 Å². The van der Waals surface area contributed by atoms with Crippen molar-refractivity contribution in [1.29, 1.82) is 0 Å². The molecule has 1 saturated heterocycles. The van der Waals surface area contributed by atoms with Gasteiger partial charge >= 0.3 is 0 Å². The van der Waals surface area contributed by atoms with Gasteiger partial charge in [-0.3, -0.25) is 0 Å². The largest absolute Gasteiger partial charge is 0.370 e. The fourth-order valence-electron chi connectivity index (χ4n) is 2.29. The first-order valence-electron chi connectivity index (χ1n) is 7.14. The number of hydrogen-bond donors (Lipinski definition) is 2. The van der Waals surface area contributed by atoms with Gasteiger partial charge in [-0.15, -0.1) is 0 Å². The Labute approximate surface area is 115 Å². The van der Waals surface area contributed by atoms with Gasteiger partial charge < -0.3 is 16.0 Å². The summed E-state index contributed by atoms with van der Waals surface area (Å²) in [7, 11) is 0. The van der Waals surface area contributed by atoms with Crippen LogP contribution in [0.15, 0.2) is 6.07 Å². The van der Waals surface area contributed by atoms with Crippen LogP contribution in [0.4, 0.5) is 11.6 Å². The van der Waals surface area contributed by atoms with Gasteiger partial charge in [0.25, 0.3) is 0 Å². The number of hydrogen-bond acceptors (Lipinski definition) is 5. The van der Waals surface area contributed by atoms with Gasteiger partial charge in [0.05, 0.1) is 0 Å². The summed E-state index contributed by atoms with van der Waals surface area (Å²) in [6.07, 6.45) is 2.19. The zero-order valence-corrected chi connectivity index (χ0v) is 12.2. The molecule has 1 aliphatic rings. The number of aromatic nitrogens is 2. The average Bonchev–Trinajstić information content (AvgIpc) is 2.75. The summed E-state index contributed by atoms with van der Waals surface area (Å²) in [5.74, 6) is 3.42. The number of nitrogens with two attached hydrogens (primary N) is 1. The quantitative estimate of drug-likeness (QED) is 0.847. The van der Waals surface area contributed by atoms with E-state index in [1.165, 1.54) is 0 Å². The molecule has 1 unspecified atom stereocenters. The number of rotatable bonds is 5. The summed E-state index contributed by atoms with van der Waals surface area (Å²) in [4.78, 5) is 11.2. The lowest BCUT2D eigenvalue weighted by Crippen LogP contribution is -2.27. The lowest BCUT2D eigenvalue weighted by molar-refractivity contribution is 0.606. The van der Waals surface area contributed by atoms with Crippen molar-refractivity contribution in [3.63, 3.8) is 0 Å². The predicted octanol–water partition coefficient (Wildman–Crippen LogP) is 1.78. The topological polar surface area (TPSA) is 67.1 Å². The molecule has 0 amide bonds. The van der Waals surface area contributed by atoms with E-state index in [1.807, 2.05) is 13.0 Å². The maximum absolute atomic E-state index is 5.95. The summed E-state index contributed by atoms with van der Waals surface area (Å²) in [6, 6.07) is 2.30. The Hall–Kier alpha value is -1.36. The van der Waals surface area contributed by atoms with E-state index in [-0.39, 0.29) is 6.04 Å². The Morgan fingerprint density at radius 1 is 1.47 bits per heavy atom. The number of anilines is 2. The van der Waals surface area contributed by atoms with Crippen molar-refractivity contribution in [3.05, 3.63) is 11.9 Å². The van der Waals surface area contributed by atoms with E-state index in [1.54, 1.807) is 0 Å². The van der Waals surface area contributed by atoms with Gasteiger partial charge in [0.2, 0.25) is 0 Å². The van der Waals surface area contributed by atoms with Crippen LogP contribution in [-0.4, -0.2) is 35.6 Å². The maximum atomic E-state index is 5.95. The highest BCUT2D eigenvalue weighted by Gasteiger charge is 2.20. The lowest BCUT2D eigenvalue weighted by atomic mass is 10.1. The van der Waals surface area contributed by atoms with Crippen molar-refractivity contribution < 1.29 is 0 Å². The molecule has 106 valence electrons. The SMILES string of the molecule is Cc1nc(NCCC(C)C)cc(N2CCC(N)C2)n1. The monoisotopic (exact) mass is 263 g/mol. The molecule has 1 fully saturated rings. The van der Waals surface area contributed by atoms with Crippen molar-refractivity contribution in [3.8, 4) is 0 Å². The van der Waals surface area contributed by atoms with Gasteiger partial charge in [0, 0.05) is 31.7 Å². The molecule has 0 bridgehead atoms. The first kappa shape index (κ1) is 14.1. The molecule has 5 nitrogen and oxygen atoms in total. The minimum absolute atomic E-state index is 0.271. The molecule has 2 rings (SSSR count). The molecule has 1 aliphatic heterocycles. The average molecular weight is 263 g/mol. The summed E-state index contributed by atoms with van der Waals surface area (Å²) in [5.41, 5.74) is 5.95. The molecule has 0 aromatic carbocycles. The normalized spacial score (nSPS) is 19.2. The Balaban J connectivity index is 2.02. The first-order chi connectivity index (χ1) is 9.04. The Kier molecular flexibility index (Phi) is 4.58. The molecule has 2 heterocycles. The van der Waals surface area contributed by atoms with E-state index in [2.05, 4.69) is 34.0 Å². The van der Waals surface area contributed by atoms with E-state index >= 15 is 0 Å². The third-order valence-electron chi connectivity index (χ3n) is 3.40. The Morgan fingerprint density at radius 2 is 2.26 bits per heavy atom. The van der Waals surface area contributed by atoms with Crippen molar-refractivity contribution >= 4 is 11.6 Å². The van der Waals surface area contributed by atoms with Crippen molar-refractivity contribution in [2.75, 3.05) is 29.9 Å². The maximum Gasteiger partial charge on any atom is 0.134 e. The molecular formula is C14H25N5. The third kappa shape index (κ3) is 4.06. The molecular weight excluding hydrogens is 238 g/mol. The summed E-state index contributed by atoms with van der Waals surface area (Å²) in [6.45, 7) is 9.22. The molecule has 5 heteroatoms. The molecule has 3 N–H and O–H groups in total. The minimum atomic E-state index is 0.271. The molecule has 0 spiro atoms. The molecule has 0 radical (unpaired) electrons.